The van der Waals surface area contributed by atoms with Crippen molar-refractivity contribution < 1.29 is 80.9 Å². The number of amides is 1. The highest BCUT2D eigenvalue weighted by molar-refractivity contribution is 6.76. The maximum absolute atomic E-state index is 14.5. The minimum Gasteiger partial charge on any atom is -0.465 e. The first-order chi connectivity index (χ1) is 33.9. The van der Waals surface area contributed by atoms with E-state index in [4.69, 9.17) is 92.3 Å². The SMILES string of the molecule is COC(=O)[C@@]1(O[C@@H]2C(C)[C@@H](OC(=N)C(Cl)(Cl)Cl)OC(COC(=O)c3ccccc3)[C@@H]2O[C@@H]2OC(COC(=O)c3ccccc3)[C@@H](C)[C@H](C)C2NC(C)=O)CC(C)[C@@H](C)[C@H]([C@H](C)[C@@H](COC(C)=O)OC(C)=O)O1. The monoisotopic (exact) mass is 1070 g/mol. The van der Waals surface area contributed by atoms with E-state index in [9.17, 15) is 28.8 Å². The van der Waals surface area contributed by atoms with Gasteiger partial charge in [-0.25, -0.2) is 14.4 Å². The number of hydrogen-bond acceptors (Lipinski definition) is 18. The van der Waals surface area contributed by atoms with E-state index in [1.807, 2.05) is 27.7 Å². The number of methoxy groups -OCH3 is 1. The van der Waals surface area contributed by atoms with E-state index in [0.717, 1.165) is 7.11 Å². The molecule has 22 heteroatoms. The predicted molar refractivity (Wildman–Crippen MR) is 259 cm³/mol. The number of carbonyl (C=O) groups excluding carboxylic acids is 6. The molecule has 398 valence electrons. The van der Waals surface area contributed by atoms with Gasteiger partial charge in [0.15, 0.2) is 6.29 Å². The fourth-order valence-electron chi connectivity index (χ4n) is 9.10. The Hall–Kier alpha value is -4.60. The highest BCUT2D eigenvalue weighted by atomic mass is 35.6. The Balaban J connectivity index is 1.64. The average Bonchev–Trinajstić information content (AvgIpc) is 3.33. The number of halogens is 3. The van der Waals surface area contributed by atoms with Crippen molar-refractivity contribution in [2.24, 2.45) is 35.5 Å². The molecule has 1 amide bonds. The molecular weight excluding hydrogens is 1010 g/mol. The minimum absolute atomic E-state index is 0.121. The number of alkyl halides is 3. The standard InChI is InChI=1S/C50H65Cl3N2O17/c1-25-21-49(48(61)62-10,71-40(26(25)2)29(5)37(66-33(9)58)22-63-32(8)57)72-41-30(6)45(70-47(54)50(51,52)53)68-38(24-65-44(60)35-19-15-12-16-20-35)42(41)69-46-39(55-31(7)56)28(4)27(3)36(67-46)23-64-43(59)34-17-13-11-14-18-34/h11-20,25-30,36-42,45-46,54H,21-24H2,1-10H3,(H,55,56)/t25?,26-,27+,28+,29-,30?,36?,37-,38?,39?,40-,41-,42+,45-,46+,49+/m1/s1. The zero-order valence-electron chi connectivity index (χ0n) is 41.8. The van der Waals surface area contributed by atoms with Gasteiger partial charge in [-0.1, -0.05) is 113 Å². The number of nitrogens with one attached hydrogen (secondary N) is 2. The summed E-state index contributed by atoms with van der Waals surface area (Å²) in [5.41, 5.74) is 0.508. The van der Waals surface area contributed by atoms with Crippen LogP contribution in [-0.2, 0) is 71.3 Å². The Bertz CT molecular complexity index is 2200. The largest absolute Gasteiger partial charge is 0.465 e. The van der Waals surface area contributed by atoms with Crippen LogP contribution in [0.25, 0.3) is 0 Å². The maximum atomic E-state index is 14.5. The van der Waals surface area contributed by atoms with Crippen LogP contribution in [0.5, 0.6) is 0 Å². The lowest BCUT2D eigenvalue weighted by atomic mass is 9.76. The van der Waals surface area contributed by atoms with Gasteiger partial charge in [0, 0.05) is 39.0 Å². The molecule has 0 aromatic heterocycles. The van der Waals surface area contributed by atoms with Gasteiger partial charge in [0.25, 0.3) is 9.58 Å². The smallest absolute Gasteiger partial charge is 0.366 e. The molecule has 0 saturated carbocycles. The zero-order chi connectivity index (χ0) is 53.2. The van der Waals surface area contributed by atoms with E-state index in [1.165, 1.54) is 20.8 Å². The second-order valence-corrected chi connectivity index (χ2v) is 20.9. The van der Waals surface area contributed by atoms with Crippen LogP contribution in [0.2, 0.25) is 0 Å². The normalized spacial score (nSPS) is 31.4. The van der Waals surface area contributed by atoms with Gasteiger partial charge in [0.05, 0.1) is 42.6 Å². The molecule has 16 atom stereocenters. The molecule has 3 fully saturated rings. The Morgan fingerprint density at radius 2 is 1.31 bits per heavy atom. The molecule has 5 rings (SSSR count). The minimum atomic E-state index is -2.38. The zero-order valence-corrected chi connectivity index (χ0v) is 44.1. The van der Waals surface area contributed by atoms with Crippen LogP contribution in [0.4, 0.5) is 0 Å². The van der Waals surface area contributed by atoms with Crippen LogP contribution in [0, 0.1) is 40.9 Å². The number of carbonyl (C=O) groups is 6. The third-order valence-corrected chi connectivity index (χ3v) is 14.0. The van der Waals surface area contributed by atoms with E-state index >= 15 is 0 Å². The number of esters is 5. The summed E-state index contributed by atoms with van der Waals surface area (Å²) < 4.78 is 65.4. The summed E-state index contributed by atoms with van der Waals surface area (Å²) in [7, 11) is 1.14. The van der Waals surface area contributed by atoms with Crippen LogP contribution in [0.3, 0.4) is 0 Å². The van der Waals surface area contributed by atoms with Crippen molar-refractivity contribution in [2.75, 3.05) is 26.9 Å². The Labute approximate surface area is 434 Å². The van der Waals surface area contributed by atoms with Gasteiger partial charge in [-0.15, -0.1) is 0 Å². The maximum Gasteiger partial charge on any atom is 0.366 e. The molecule has 2 N–H and O–H groups in total. The van der Waals surface area contributed by atoms with Gasteiger partial charge >= 0.3 is 29.8 Å². The molecule has 0 spiro atoms. The van der Waals surface area contributed by atoms with Crippen LogP contribution in [0.15, 0.2) is 60.7 Å². The van der Waals surface area contributed by atoms with Crippen molar-refractivity contribution in [2.45, 2.75) is 134 Å². The first-order valence-electron chi connectivity index (χ1n) is 23.6. The van der Waals surface area contributed by atoms with Crippen molar-refractivity contribution in [3.63, 3.8) is 0 Å². The first kappa shape index (κ1) is 58.3. The molecule has 0 bridgehead atoms. The molecule has 72 heavy (non-hydrogen) atoms. The second-order valence-electron chi connectivity index (χ2n) is 18.6. The lowest BCUT2D eigenvalue weighted by molar-refractivity contribution is -0.374. The quantitative estimate of drug-likeness (QED) is 0.0515. The molecule has 3 aliphatic rings. The summed E-state index contributed by atoms with van der Waals surface area (Å²) in [4.78, 5) is 78.6. The third kappa shape index (κ3) is 14.8. The first-order valence-corrected chi connectivity index (χ1v) is 24.8. The van der Waals surface area contributed by atoms with Crippen LogP contribution >= 0.6 is 34.8 Å². The lowest BCUT2D eigenvalue weighted by Gasteiger charge is -2.53. The molecule has 0 radical (unpaired) electrons. The third-order valence-electron chi connectivity index (χ3n) is 13.5. The Morgan fingerprint density at radius 1 is 0.750 bits per heavy atom. The molecule has 3 heterocycles. The van der Waals surface area contributed by atoms with Crippen LogP contribution < -0.4 is 5.32 Å². The molecule has 3 aliphatic heterocycles. The number of hydrogen-bond donors (Lipinski definition) is 2. The van der Waals surface area contributed by atoms with Crippen molar-refractivity contribution in [3.05, 3.63) is 71.8 Å². The summed E-state index contributed by atoms with van der Waals surface area (Å²) in [6, 6.07) is 15.6. The fourth-order valence-corrected chi connectivity index (χ4v) is 9.23. The van der Waals surface area contributed by atoms with Crippen molar-refractivity contribution in [1.29, 1.82) is 5.41 Å². The van der Waals surface area contributed by atoms with Gasteiger partial charge in [-0.3, -0.25) is 19.8 Å². The molecule has 0 aliphatic carbocycles. The second kappa shape index (κ2) is 25.6. The van der Waals surface area contributed by atoms with E-state index in [1.54, 1.807) is 74.5 Å². The summed E-state index contributed by atoms with van der Waals surface area (Å²) in [6.07, 6.45) is -10.1. The number of rotatable bonds is 18. The molecule has 5 unspecified atom stereocenters. The van der Waals surface area contributed by atoms with Crippen molar-refractivity contribution in [1.82, 2.24) is 5.32 Å². The number of benzene rings is 2. The summed E-state index contributed by atoms with van der Waals surface area (Å²) in [6.45, 7) is 13.4. The van der Waals surface area contributed by atoms with Crippen LogP contribution in [0.1, 0.15) is 89.5 Å². The van der Waals surface area contributed by atoms with E-state index < -0.39 is 131 Å². The van der Waals surface area contributed by atoms with Crippen molar-refractivity contribution >= 4 is 76.5 Å². The van der Waals surface area contributed by atoms with E-state index in [2.05, 4.69) is 5.32 Å². The van der Waals surface area contributed by atoms with Crippen LogP contribution in [-0.4, -0.2) is 133 Å². The molecule has 2 aromatic rings. The number of ether oxygens (including phenoxy) is 11. The van der Waals surface area contributed by atoms with Gasteiger partial charge in [0.1, 0.15) is 38.1 Å². The molecule has 3 saturated heterocycles. The van der Waals surface area contributed by atoms with Gasteiger partial charge in [-0.2, -0.15) is 0 Å². The molecule has 19 nitrogen and oxygen atoms in total. The van der Waals surface area contributed by atoms with Crippen molar-refractivity contribution in [3.8, 4) is 0 Å². The van der Waals surface area contributed by atoms with Gasteiger partial charge in [0.2, 0.25) is 18.1 Å². The summed E-state index contributed by atoms with van der Waals surface area (Å²) in [5.74, 6) is -10.5. The predicted octanol–water partition coefficient (Wildman–Crippen LogP) is 6.76. The Morgan fingerprint density at radius 3 is 1.82 bits per heavy atom. The van der Waals surface area contributed by atoms with E-state index in [-0.39, 0.29) is 43.0 Å². The van der Waals surface area contributed by atoms with E-state index in [0.29, 0.717) is 5.56 Å². The van der Waals surface area contributed by atoms with Gasteiger partial charge in [-0.05, 0) is 47.9 Å². The highest BCUT2D eigenvalue weighted by Crippen LogP contribution is 2.46. The molecule has 2 aromatic carbocycles. The average molecular weight is 1070 g/mol. The van der Waals surface area contributed by atoms with Gasteiger partial charge < -0.3 is 57.4 Å². The lowest BCUT2D eigenvalue weighted by Crippen LogP contribution is -2.66. The topological polar surface area (TPSA) is 240 Å². The Kier molecular flexibility index (Phi) is 20.7. The molecular formula is C50H65Cl3N2O17. The highest BCUT2D eigenvalue weighted by Gasteiger charge is 2.60. The summed E-state index contributed by atoms with van der Waals surface area (Å²) >= 11 is 18.3. The summed E-state index contributed by atoms with van der Waals surface area (Å²) in [5, 5.41) is 11.5. The fraction of sp³-hybridized carbons (Fsp3) is 0.620.